The molecule has 8 heteroatoms. The molecule has 3 rings (SSSR count). The fourth-order valence-electron chi connectivity index (χ4n) is 4.07. The van der Waals surface area contributed by atoms with Crippen molar-refractivity contribution in [3.63, 3.8) is 0 Å². The first-order valence-electron chi connectivity index (χ1n) is 8.89. The van der Waals surface area contributed by atoms with Gasteiger partial charge in [0.1, 0.15) is 0 Å². The van der Waals surface area contributed by atoms with Crippen LogP contribution in [0, 0.1) is 11.7 Å². The molecule has 0 aliphatic carbocycles. The maximum Gasteiger partial charge on any atom is 0.243 e. The molecular formula is C18H26FNO5S. The van der Waals surface area contributed by atoms with Crippen molar-refractivity contribution in [3.8, 4) is 5.75 Å². The lowest BCUT2D eigenvalue weighted by Crippen LogP contribution is -2.49. The summed E-state index contributed by atoms with van der Waals surface area (Å²) in [6, 6.07) is 3.75. The van der Waals surface area contributed by atoms with Gasteiger partial charge in [-0.05, 0) is 49.8 Å². The third-order valence-electron chi connectivity index (χ3n) is 5.60. The number of benzene rings is 1. The summed E-state index contributed by atoms with van der Waals surface area (Å²) >= 11 is 0. The summed E-state index contributed by atoms with van der Waals surface area (Å²) in [5.74, 6) is -0.256. The summed E-state index contributed by atoms with van der Waals surface area (Å²) in [7, 11) is -0.701. The van der Waals surface area contributed by atoms with E-state index in [1.807, 2.05) is 0 Å². The van der Waals surface area contributed by atoms with Crippen LogP contribution < -0.4 is 4.74 Å². The molecule has 26 heavy (non-hydrogen) atoms. The van der Waals surface area contributed by atoms with Crippen LogP contribution in [0.3, 0.4) is 0 Å². The minimum atomic E-state index is -3.73. The Morgan fingerprint density at radius 2 is 2.04 bits per heavy atom. The lowest BCUT2D eigenvalue weighted by atomic mass is 9.78. The fourth-order valence-corrected chi connectivity index (χ4v) is 5.52. The van der Waals surface area contributed by atoms with Gasteiger partial charge in [0.15, 0.2) is 11.6 Å². The maximum absolute atomic E-state index is 13.9. The van der Waals surface area contributed by atoms with Gasteiger partial charge in [0, 0.05) is 33.4 Å². The second-order valence-corrected chi connectivity index (χ2v) is 8.82. The second kappa shape index (κ2) is 7.80. The highest BCUT2D eigenvalue weighted by Crippen LogP contribution is 2.43. The first kappa shape index (κ1) is 19.5. The summed E-state index contributed by atoms with van der Waals surface area (Å²) in [6.07, 6.45) is 3.21. The average molecular weight is 387 g/mol. The van der Waals surface area contributed by atoms with E-state index in [2.05, 4.69) is 0 Å². The zero-order valence-corrected chi connectivity index (χ0v) is 16.1. The van der Waals surface area contributed by atoms with Crippen LogP contribution in [-0.4, -0.2) is 58.8 Å². The minimum absolute atomic E-state index is 0.0295. The number of rotatable bonds is 6. The average Bonchev–Trinajstić information content (AvgIpc) is 3.02. The van der Waals surface area contributed by atoms with E-state index in [4.69, 9.17) is 14.2 Å². The standard InChI is InChI=1S/C18H26FNO5S/c1-23-11-5-14-6-12-25-18(14)7-9-20(10-8-18)26(21,22)15-3-4-17(24-2)16(19)13-15/h3-4,13-14H,5-12H2,1-2H3/t14-/m1/s1. The maximum atomic E-state index is 13.9. The van der Waals surface area contributed by atoms with Crippen LogP contribution in [0.25, 0.3) is 0 Å². The van der Waals surface area contributed by atoms with Crippen LogP contribution in [-0.2, 0) is 19.5 Å². The topological polar surface area (TPSA) is 65.1 Å². The van der Waals surface area contributed by atoms with Crippen molar-refractivity contribution in [1.29, 1.82) is 0 Å². The van der Waals surface area contributed by atoms with Crippen molar-refractivity contribution >= 4 is 10.0 Å². The van der Waals surface area contributed by atoms with Gasteiger partial charge in [-0.25, -0.2) is 12.8 Å². The molecule has 1 spiro atoms. The highest BCUT2D eigenvalue weighted by molar-refractivity contribution is 7.89. The van der Waals surface area contributed by atoms with Crippen molar-refractivity contribution < 1.29 is 27.0 Å². The Labute approximate surface area is 154 Å². The first-order valence-corrected chi connectivity index (χ1v) is 10.3. The zero-order valence-electron chi connectivity index (χ0n) is 15.2. The molecule has 0 saturated carbocycles. The summed E-state index contributed by atoms with van der Waals surface area (Å²) < 4.78 is 57.2. The molecule has 1 aromatic carbocycles. The van der Waals surface area contributed by atoms with Crippen molar-refractivity contribution in [2.45, 2.75) is 36.2 Å². The Bertz CT molecular complexity index is 731. The van der Waals surface area contributed by atoms with Crippen LogP contribution in [0.2, 0.25) is 0 Å². The van der Waals surface area contributed by atoms with E-state index in [1.54, 1.807) is 7.11 Å². The molecule has 0 unspecified atom stereocenters. The Balaban J connectivity index is 1.71. The first-order chi connectivity index (χ1) is 12.4. The van der Waals surface area contributed by atoms with E-state index < -0.39 is 15.8 Å². The molecular weight excluding hydrogens is 361 g/mol. The normalized spacial score (nSPS) is 23.4. The zero-order chi connectivity index (χ0) is 18.8. The highest BCUT2D eigenvalue weighted by Gasteiger charge is 2.47. The van der Waals surface area contributed by atoms with E-state index in [0.29, 0.717) is 45.1 Å². The van der Waals surface area contributed by atoms with Gasteiger partial charge >= 0.3 is 0 Å². The highest BCUT2D eigenvalue weighted by atomic mass is 32.2. The molecule has 2 saturated heterocycles. The predicted octanol–water partition coefficient (Wildman–Crippen LogP) is 2.43. The van der Waals surface area contributed by atoms with Crippen LogP contribution in [0.15, 0.2) is 23.1 Å². The number of hydrogen-bond donors (Lipinski definition) is 0. The number of halogens is 1. The van der Waals surface area contributed by atoms with Crippen molar-refractivity contribution in [2.24, 2.45) is 5.92 Å². The number of nitrogens with zero attached hydrogens (tertiary/aromatic N) is 1. The molecule has 1 atom stereocenters. The number of sulfonamides is 1. The van der Waals surface area contributed by atoms with E-state index in [0.717, 1.165) is 18.9 Å². The molecule has 146 valence electrons. The van der Waals surface area contributed by atoms with Gasteiger partial charge in [-0.15, -0.1) is 0 Å². The molecule has 2 aliphatic heterocycles. The van der Waals surface area contributed by atoms with Crippen LogP contribution in [0.4, 0.5) is 4.39 Å². The monoisotopic (exact) mass is 387 g/mol. The molecule has 0 radical (unpaired) electrons. The van der Waals surface area contributed by atoms with E-state index in [1.165, 1.54) is 23.5 Å². The largest absolute Gasteiger partial charge is 0.494 e. The van der Waals surface area contributed by atoms with Crippen LogP contribution in [0.5, 0.6) is 5.75 Å². The SMILES string of the molecule is COCC[C@@H]1CCOC12CCN(S(=O)(=O)c1ccc(OC)c(F)c1)CC2. The lowest BCUT2D eigenvalue weighted by Gasteiger charge is -2.41. The van der Waals surface area contributed by atoms with E-state index in [-0.39, 0.29) is 16.2 Å². The van der Waals surface area contributed by atoms with E-state index in [9.17, 15) is 12.8 Å². The Kier molecular flexibility index (Phi) is 5.86. The van der Waals surface area contributed by atoms with Crippen molar-refractivity contribution in [2.75, 3.05) is 40.5 Å². The Hall–Kier alpha value is -1.22. The van der Waals surface area contributed by atoms with Gasteiger partial charge in [0.05, 0.1) is 17.6 Å². The third-order valence-corrected chi connectivity index (χ3v) is 7.49. The molecule has 2 aliphatic rings. The Morgan fingerprint density at radius 1 is 1.31 bits per heavy atom. The number of ether oxygens (including phenoxy) is 3. The van der Waals surface area contributed by atoms with Gasteiger partial charge in [0.2, 0.25) is 10.0 Å². The van der Waals surface area contributed by atoms with Crippen molar-refractivity contribution in [1.82, 2.24) is 4.31 Å². The molecule has 2 heterocycles. The van der Waals surface area contributed by atoms with Gasteiger partial charge in [-0.1, -0.05) is 0 Å². The molecule has 0 bridgehead atoms. The molecule has 0 amide bonds. The number of hydrogen-bond acceptors (Lipinski definition) is 5. The minimum Gasteiger partial charge on any atom is -0.494 e. The predicted molar refractivity (Wildman–Crippen MR) is 94.2 cm³/mol. The molecule has 2 fully saturated rings. The third kappa shape index (κ3) is 3.60. The smallest absolute Gasteiger partial charge is 0.243 e. The van der Waals surface area contributed by atoms with Gasteiger partial charge in [-0.2, -0.15) is 4.31 Å². The fraction of sp³-hybridized carbons (Fsp3) is 0.667. The van der Waals surface area contributed by atoms with Gasteiger partial charge in [-0.3, -0.25) is 0 Å². The quantitative estimate of drug-likeness (QED) is 0.750. The summed E-state index contributed by atoms with van der Waals surface area (Å²) in [5, 5.41) is 0. The van der Waals surface area contributed by atoms with Gasteiger partial charge in [0.25, 0.3) is 0 Å². The Morgan fingerprint density at radius 3 is 2.65 bits per heavy atom. The molecule has 0 N–H and O–H groups in total. The number of piperidine rings is 1. The van der Waals surface area contributed by atoms with Crippen molar-refractivity contribution in [3.05, 3.63) is 24.0 Å². The summed E-state index contributed by atoms with van der Waals surface area (Å²) in [5.41, 5.74) is -0.254. The second-order valence-electron chi connectivity index (χ2n) is 6.88. The van der Waals surface area contributed by atoms with Crippen LogP contribution >= 0.6 is 0 Å². The van der Waals surface area contributed by atoms with Crippen LogP contribution in [0.1, 0.15) is 25.7 Å². The molecule has 6 nitrogen and oxygen atoms in total. The summed E-state index contributed by atoms with van der Waals surface area (Å²) in [6.45, 7) is 2.15. The lowest BCUT2D eigenvalue weighted by molar-refractivity contribution is -0.0603. The van der Waals surface area contributed by atoms with Gasteiger partial charge < -0.3 is 14.2 Å². The molecule has 0 aromatic heterocycles. The van der Waals surface area contributed by atoms with E-state index >= 15 is 0 Å². The number of methoxy groups -OCH3 is 2. The molecule has 1 aromatic rings. The summed E-state index contributed by atoms with van der Waals surface area (Å²) in [4.78, 5) is -0.0463.